The summed E-state index contributed by atoms with van der Waals surface area (Å²) in [5.74, 6) is -0.302. The number of rotatable bonds is 4. The van der Waals surface area contributed by atoms with E-state index in [1.807, 2.05) is 60.7 Å². The molecule has 0 aliphatic carbocycles. The summed E-state index contributed by atoms with van der Waals surface area (Å²) < 4.78 is 0.803. The maximum atomic E-state index is 13.0. The number of amides is 2. The third-order valence-corrected chi connectivity index (χ3v) is 6.61. The Hall–Kier alpha value is -3.15. The van der Waals surface area contributed by atoms with E-state index in [1.165, 1.54) is 11.3 Å². The van der Waals surface area contributed by atoms with Crippen LogP contribution in [0.4, 0.5) is 11.4 Å². The van der Waals surface area contributed by atoms with E-state index in [9.17, 15) is 9.59 Å². The summed E-state index contributed by atoms with van der Waals surface area (Å²) in [6.45, 7) is 0. The van der Waals surface area contributed by atoms with Crippen LogP contribution < -0.4 is 9.80 Å². The quantitative estimate of drug-likeness (QED) is 0.389. The van der Waals surface area contributed by atoms with E-state index in [0.29, 0.717) is 15.5 Å². The van der Waals surface area contributed by atoms with E-state index < -0.39 is 0 Å². The number of nitrogens with zero attached hydrogens (tertiary/aromatic N) is 2. The molecule has 0 N–H and O–H groups in total. The summed E-state index contributed by atoms with van der Waals surface area (Å²) in [7, 11) is 3.47. The lowest BCUT2D eigenvalue weighted by molar-refractivity contribution is 0.0987. The fraction of sp³-hybridized carbons (Fsp3) is 0.0833. The van der Waals surface area contributed by atoms with E-state index in [1.54, 1.807) is 42.1 Å². The molecule has 4 rings (SSSR count). The lowest BCUT2D eigenvalue weighted by atomic mass is 10.1. The number of carbonyl (C=O) groups excluding carboxylic acids is 2. The van der Waals surface area contributed by atoms with Crippen molar-refractivity contribution in [2.75, 3.05) is 23.9 Å². The molecule has 0 aliphatic rings. The van der Waals surface area contributed by atoms with E-state index in [4.69, 9.17) is 11.6 Å². The molecule has 0 atom stereocenters. The van der Waals surface area contributed by atoms with Crippen molar-refractivity contribution in [3.63, 3.8) is 0 Å². The Morgan fingerprint density at radius 2 is 1.30 bits per heavy atom. The van der Waals surface area contributed by atoms with Crippen LogP contribution in [0.5, 0.6) is 0 Å². The third kappa shape index (κ3) is 3.70. The second-order valence-electron chi connectivity index (χ2n) is 6.86. The summed E-state index contributed by atoms with van der Waals surface area (Å²) in [4.78, 5) is 29.6. The second kappa shape index (κ2) is 8.30. The van der Waals surface area contributed by atoms with E-state index in [0.717, 1.165) is 21.5 Å². The zero-order valence-corrected chi connectivity index (χ0v) is 18.1. The van der Waals surface area contributed by atoms with Crippen LogP contribution in [0.25, 0.3) is 10.1 Å². The molecular formula is C24H19ClN2O2S. The van der Waals surface area contributed by atoms with Gasteiger partial charge in [-0.3, -0.25) is 9.59 Å². The van der Waals surface area contributed by atoms with Crippen molar-refractivity contribution >= 4 is 56.2 Å². The maximum absolute atomic E-state index is 13.0. The van der Waals surface area contributed by atoms with Crippen molar-refractivity contribution in [2.24, 2.45) is 0 Å². The largest absolute Gasteiger partial charge is 0.311 e. The molecule has 6 heteroatoms. The number of thiophene rings is 1. The van der Waals surface area contributed by atoms with Gasteiger partial charge in [0.25, 0.3) is 11.8 Å². The summed E-state index contributed by atoms with van der Waals surface area (Å²) in [6.07, 6.45) is 0. The van der Waals surface area contributed by atoms with Crippen LogP contribution in [0.2, 0.25) is 5.02 Å². The molecule has 4 aromatic rings. The summed E-state index contributed by atoms with van der Waals surface area (Å²) in [6, 6.07) is 24.2. The van der Waals surface area contributed by atoms with Gasteiger partial charge >= 0.3 is 0 Å². The van der Waals surface area contributed by atoms with E-state index in [-0.39, 0.29) is 11.8 Å². The normalized spacial score (nSPS) is 10.8. The third-order valence-electron chi connectivity index (χ3n) is 4.97. The van der Waals surface area contributed by atoms with E-state index >= 15 is 0 Å². The van der Waals surface area contributed by atoms with Gasteiger partial charge in [0, 0.05) is 41.1 Å². The minimum atomic E-state index is -0.179. The molecular weight excluding hydrogens is 416 g/mol. The maximum Gasteiger partial charge on any atom is 0.269 e. The van der Waals surface area contributed by atoms with Crippen LogP contribution in [-0.2, 0) is 0 Å². The van der Waals surface area contributed by atoms with Crippen molar-refractivity contribution in [2.45, 2.75) is 0 Å². The van der Waals surface area contributed by atoms with Crippen molar-refractivity contribution in [3.05, 3.63) is 94.3 Å². The number of fused-ring (bicyclic) bond motifs is 1. The molecule has 30 heavy (non-hydrogen) atoms. The molecule has 0 fully saturated rings. The minimum absolute atomic E-state index is 0.123. The van der Waals surface area contributed by atoms with E-state index in [2.05, 4.69) is 0 Å². The Morgan fingerprint density at radius 1 is 0.767 bits per heavy atom. The molecule has 4 nitrogen and oxygen atoms in total. The first-order valence-electron chi connectivity index (χ1n) is 9.35. The highest BCUT2D eigenvalue weighted by Crippen LogP contribution is 2.37. The van der Waals surface area contributed by atoms with Crippen molar-refractivity contribution < 1.29 is 9.59 Å². The van der Waals surface area contributed by atoms with Crippen LogP contribution in [-0.4, -0.2) is 25.9 Å². The Bertz CT molecular complexity index is 1220. The molecule has 0 aliphatic heterocycles. The Kier molecular flexibility index (Phi) is 5.57. The van der Waals surface area contributed by atoms with Gasteiger partial charge in [0.1, 0.15) is 4.88 Å². The van der Waals surface area contributed by atoms with Crippen LogP contribution in [0.1, 0.15) is 20.0 Å². The lowest BCUT2D eigenvalue weighted by Gasteiger charge is -2.17. The fourth-order valence-electron chi connectivity index (χ4n) is 3.22. The van der Waals surface area contributed by atoms with Crippen LogP contribution >= 0.6 is 22.9 Å². The predicted molar refractivity (Wildman–Crippen MR) is 125 cm³/mol. The lowest BCUT2D eigenvalue weighted by Crippen LogP contribution is -2.25. The molecule has 0 saturated carbocycles. The van der Waals surface area contributed by atoms with Gasteiger partial charge in [-0.15, -0.1) is 11.3 Å². The number of carbonyl (C=O) groups is 2. The topological polar surface area (TPSA) is 40.6 Å². The SMILES string of the molecule is CN(C(=O)c1ccc2c(Cl)c(C(=O)N(C)c3ccccc3)sc2c1)c1ccccc1. The molecule has 0 spiro atoms. The Balaban J connectivity index is 1.66. The predicted octanol–water partition coefficient (Wildman–Crippen LogP) is 6.11. The highest BCUT2D eigenvalue weighted by molar-refractivity contribution is 7.21. The van der Waals surface area contributed by atoms with Gasteiger partial charge in [-0.1, -0.05) is 54.1 Å². The average Bonchev–Trinajstić information content (AvgIpc) is 3.14. The number of benzene rings is 3. The average molecular weight is 435 g/mol. The zero-order chi connectivity index (χ0) is 21.3. The monoisotopic (exact) mass is 434 g/mol. The molecule has 3 aromatic carbocycles. The molecule has 2 amide bonds. The zero-order valence-electron chi connectivity index (χ0n) is 16.5. The van der Waals surface area contributed by atoms with Gasteiger partial charge in [-0.25, -0.2) is 0 Å². The first-order chi connectivity index (χ1) is 14.5. The fourth-order valence-corrected chi connectivity index (χ4v) is 4.75. The summed E-state index contributed by atoms with van der Waals surface area (Å²) in [5.41, 5.74) is 2.14. The van der Waals surface area contributed by atoms with Crippen molar-refractivity contribution in [1.29, 1.82) is 0 Å². The number of hydrogen-bond donors (Lipinski definition) is 0. The summed E-state index contributed by atoms with van der Waals surface area (Å²) >= 11 is 7.84. The first-order valence-corrected chi connectivity index (χ1v) is 10.5. The van der Waals surface area contributed by atoms with Gasteiger partial charge in [0.2, 0.25) is 0 Å². The minimum Gasteiger partial charge on any atom is -0.311 e. The van der Waals surface area contributed by atoms with Crippen LogP contribution in [0.15, 0.2) is 78.9 Å². The van der Waals surface area contributed by atoms with Gasteiger partial charge < -0.3 is 9.80 Å². The molecule has 1 heterocycles. The molecule has 150 valence electrons. The standard InChI is InChI=1S/C24H19ClN2O2S/c1-26(17-9-5-3-6-10-17)23(28)16-13-14-19-20(15-16)30-22(21(19)25)24(29)27(2)18-11-7-4-8-12-18/h3-15H,1-2H3. The Labute approximate surface area is 183 Å². The second-order valence-corrected chi connectivity index (χ2v) is 8.29. The number of anilines is 2. The summed E-state index contributed by atoms with van der Waals surface area (Å²) in [5, 5.41) is 1.18. The highest BCUT2D eigenvalue weighted by atomic mass is 35.5. The number of hydrogen-bond acceptors (Lipinski definition) is 3. The van der Waals surface area contributed by atoms with Crippen molar-refractivity contribution in [1.82, 2.24) is 0 Å². The molecule has 0 saturated heterocycles. The van der Waals surface area contributed by atoms with Crippen LogP contribution in [0, 0.1) is 0 Å². The number of para-hydroxylation sites is 2. The molecule has 0 unspecified atom stereocenters. The number of halogens is 1. The van der Waals surface area contributed by atoms with Gasteiger partial charge in [0.05, 0.1) is 5.02 Å². The van der Waals surface area contributed by atoms with Gasteiger partial charge in [0.15, 0.2) is 0 Å². The molecule has 1 aromatic heterocycles. The first kappa shape index (κ1) is 20.1. The van der Waals surface area contributed by atoms with Gasteiger partial charge in [-0.05, 0) is 36.4 Å². The van der Waals surface area contributed by atoms with Gasteiger partial charge in [-0.2, -0.15) is 0 Å². The smallest absolute Gasteiger partial charge is 0.269 e. The van der Waals surface area contributed by atoms with Crippen molar-refractivity contribution in [3.8, 4) is 0 Å². The molecule has 0 radical (unpaired) electrons. The Morgan fingerprint density at radius 3 is 1.87 bits per heavy atom. The molecule has 0 bridgehead atoms. The highest BCUT2D eigenvalue weighted by Gasteiger charge is 2.22. The van der Waals surface area contributed by atoms with Crippen LogP contribution in [0.3, 0.4) is 0 Å².